The predicted octanol–water partition coefficient (Wildman–Crippen LogP) is 3.71. The van der Waals surface area contributed by atoms with Gasteiger partial charge in [0.15, 0.2) is 0 Å². The molecule has 10 heteroatoms. The lowest BCUT2D eigenvalue weighted by molar-refractivity contribution is -0.127. The maximum Gasteiger partial charge on any atom is 0.326 e. The number of benzene rings is 2. The molecule has 3 N–H and O–H groups in total. The number of nitrogens with one attached hydrogen (secondary N) is 3. The minimum absolute atomic E-state index is 0.0159. The minimum atomic E-state index is -0.234. The first-order chi connectivity index (χ1) is 19.9. The Labute approximate surface area is 244 Å². The number of amides is 4. The highest BCUT2D eigenvalue weighted by atomic mass is 32.2. The van der Waals surface area contributed by atoms with Crippen molar-refractivity contribution in [2.45, 2.75) is 50.6 Å². The summed E-state index contributed by atoms with van der Waals surface area (Å²) in [5, 5.41) is 9.74. The SMILES string of the molecule is CC#CC(=O)N1CCC[C@@H](NC(=O)C2=C3NC(=O)N(c4ccc(Oc5ccccc5)cc4C)C4CCNC(S2)C34)C1. The fourth-order valence-electron chi connectivity index (χ4n) is 6.20. The topological polar surface area (TPSA) is 103 Å². The number of thioether (sulfide) groups is 1. The molecule has 212 valence electrons. The van der Waals surface area contributed by atoms with Crippen LogP contribution in [-0.4, -0.2) is 59.8 Å². The molecule has 4 aliphatic rings. The number of carbonyl (C=O) groups is 3. The number of hydrogen-bond acceptors (Lipinski definition) is 6. The van der Waals surface area contributed by atoms with Gasteiger partial charge in [0.05, 0.1) is 16.3 Å². The number of likely N-dealkylation sites (tertiary alicyclic amines) is 1. The minimum Gasteiger partial charge on any atom is -0.457 e. The van der Waals surface area contributed by atoms with Crippen LogP contribution in [0.25, 0.3) is 0 Å². The van der Waals surface area contributed by atoms with Crippen LogP contribution in [0.15, 0.2) is 59.1 Å². The van der Waals surface area contributed by atoms with Crippen molar-refractivity contribution in [1.29, 1.82) is 0 Å². The first-order valence-corrected chi connectivity index (χ1v) is 14.9. The maximum absolute atomic E-state index is 13.6. The highest BCUT2D eigenvalue weighted by molar-refractivity contribution is 8.04. The van der Waals surface area contributed by atoms with E-state index in [-0.39, 0.29) is 41.2 Å². The van der Waals surface area contributed by atoms with Crippen molar-refractivity contribution in [3.05, 3.63) is 64.7 Å². The van der Waals surface area contributed by atoms with Crippen molar-refractivity contribution in [2.75, 3.05) is 24.5 Å². The van der Waals surface area contributed by atoms with E-state index in [0.717, 1.165) is 42.8 Å². The number of aryl methyl sites for hydroxylation is 1. The first kappa shape index (κ1) is 27.2. The second-order valence-corrected chi connectivity index (χ2v) is 11.9. The van der Waals surface area contributed by atoms with E-state index in [0.29, 0.717) is 29.4 Å². The lowest BCUT2D eigenvalue weighted by Gasteiger charge is -2.46. The Kier molecular flexibility index (Phi) is 7.65. The zero-order valence-electron chi connectivity index (χ0n) is 23.1. The van der Waals surface area contributed by atoms with Gasteiger partial charge in [-0.1, -0.05) is 35.9 Å². The summed E-state index contributed by atoms with van der Waals surface area (Å²) in [6.45, 7) is 5.45. The monoisotopic (exact) mass is 571 g/mol. The third-order valence-electron chi connectivity index (χ3n) is 8.03. The Hall–Kier alpha value is -3.94. The van der Waals surface area contributed by atoms with Crippen LogP contribution in [-0.2, 0) is 9.59 Å². The Bertz CT molecular complexity index is 1470. The number of piperidine rings is 2. The number of urea groups is 1. The number of nitrogens with zero attached hydrogens (tertiary/aromatic N) is 2. The Morgan fingerprint density at radius 2 is 1.95 bits per heavy atom. The van der Waals surface area contributed by atoms with Gasteiger partial charge in [0.2, 0.25) is 0 Å². The summed E-state index contributed by atoms with van der Waals surface area (Å²) in [6, 6.07) is 14.9. The molecule has 2 aromatic carbocycles. The summed E-state index contributed by atoms with van der Waals surface area (Å²) in [7, 11) is 0. The van der Waals surface area contributed by atoms with Gasteiger partial charge in [0, 0.05) is 36.4 Å². The van der Waals surface area contributed by atoms with Crippen LogP contribution in [0, 0.1) is 24.7 Å². The molecule has 0 bridgehead atoms. The third-order valence-corrected chi connectivity index (χ3v) is 9.38. The van der Waals surface area contributed by atoms with E-state index < -0.39 is 0 Å². The number of anilines is 1. The lowest BCUT2D eigenvalue weighted by atomic mass is 9.86. The zero-order chi connectivity index (χ0) is 28.5. The molecule has 4 heterocycles. The van der Waals surface area contributed by atoms with Crippen LogP contribution >= 0.6 is 11.8 Å². The molecule has 0 saturated carbocycles. The summed E-state index contributed by atoms with van der Waals surface area (Å²) < 4.78 is 6.00. The summed E-state index contributed by atoms with van der Waals surface area (Å²) in [5.41, 5.74) is 2.46. The molecule has 3 unspecified atom stereocenters. The zero-order valence-corrected chi connectivity index (χ0v) is 23.9. The van der Waals surface area contributed by atoms with E-state index in [1.165, 1.54) is 11.8 Å². The Morgan fingerprint density at radius 1 is 1.12 bits per heavy atom. The van der Waals surface area contributed by atoms with Crippen molar-refractivity contribution in [1.82, 2.24) is 20.9 Å². The molecular formula is C31H33N5O4S. The highest BCUT2D eigenvalue weighted by Gasteiger charge is 2.52. The second kappa shape index (κ2) is 11.5. The summed E-state index contributed by atoms with van der Waals surface area (Å²) >= 11 is 1.48. The molecule has 3 fully saturated rings. The average Bonchev–Trinajstić information content (AvgIpc) is 3.34. The van der Waals surface area contributed by atoms with Crippen LogP contribution in [0.5, 0.6) is 11.5 Å². The molecule has 3 saturated heterocycles. The van der Waals surface area contributed by atoms with E-state index in [2.05, 4.69) is 27.8 Å². The van der Waals surface area contributed by atoms with Crippen molar-refractivity contribution >= 4 is 35.3 Å². The Morgan fingerprint density at radius 3 is 2.73 bits per heavy atom. The quantitative estimate of drug-likeness (QED) is 0.473. The standard InChI is InChI=1S/C31H33N5O4S/c1-3-8-25(37)35-16-7-9-20(18-35)33-29(38)28-27-26-24(14-15-32-30(26)41-28)36(31(39)34-27)23-13-12-22(17-19(23)2)40-21-10-5-4-6-11-21/h4-6,10-13,17,20,24,26,30,32H,7,9,14-16,18H2,1-2H3,(H,33,38)(H,34,39)/t20-,24?,26?,30?/m1/s1. The summed E-state index contributed by atoms with van der Waals surface area (Å²) in [6.07, 6.45) is 2.36. The summed E-state index contributed by atoms with van der Waals surface area (Å²) in [4.78, 5) is 43.5. The number of carbonyl (C=O) groups excluding carboxylic acids is 3. The predicted molar refractivity (Wildman–Crippen MR) is 158 cm³/mol. The molecule has 6 rings (SSSR count). The molecule has 0 spiro atoms. The van der Waals surface area contributed by atoms with Gasteiger partial charge in [0.25, 0.3) is 11.8 Å². The van der Waals surface area contributed by atoms with Gasteiger partial charge in [-0.2, -0.15) is 0 Å². The van der Waals surface area contributed by atoms with Gasteiger partial charge < -0.3 is 25.6 Å². The van der Waals surface area contributed by atoms with E-state index in [4.69, 9.17) is 4.74 Å². The molecular weight excluding hydrogens is 538 g/mol. The third kappa shape index (κ3) is 5.39. The Balaban J connectivity index is 1.21. The van der Waals surface area contributed by atoms with E-state index in [1.807, 2.05) is 60.4 Å². The number of ether oxygens (including phenoxy) is 1. The highest BCUT2D eigenvalue weighted by Crippen LogP contribution is 2.48. The van der Waals surface area contributed by atoms with Crippen LogP contribution in [0.2, 0.25) is 0 Å². The fourth-order valence-corrected chi connectivity index (χ4v) is 7.60. The molecule has 4 aliphatic heterocycles. The van der Waals surface area contributed by atoms with E-state index in [9.17, 15) is 14.4 Å². The van der Waals surface area contributed by atoms with Gasteiger partial charge >= 0.3 is 6.03 Å². The van der Waals surface area contributed by atoms with E-state index in [1.54, 1.807) is 11.8 Å². The number of para-hydroxylation sites is 1. The largest absolute Gasteiger partial charge is 0.457 e. The average molecular weight is 572 g/mol. The van der Waals surface area contributed by atoms with Gasteiger partial charge in [-0.25, -0.2) is 4.79 Å². The van der Waals surface area contributed by atoms with Crippen molar-refractivity contribution in [3.8, 4) is 23.3 Å². The van der Waals surface area contributed by atoms with Gasteiger partial charge in [0.1, 0.15) is 11.5 Å². The number of hydrogen-bond donors (Lipinski definition) is 3. The van der Waals surface area contributed by atoms with Gasteiger partial charge in [-0.3, -0.25) is 14.5 Å². The molecule has 9 nitrogen and oxygen atoms in total. The van der Waals surface area contributed by atoms with Gasteiger partial charge in [-0.05, 0) is 81.5 Å². The fraction of sp³-hybridized carbons (Fsp3) is 0.387. The normalized spacial score (nSPS) is 25.1. The van der Waals surface area contributed by atoms with Gasteiger partial charge in [-0.15, -0.1) is 0 Å². The maximum atomic E-state index is 13.6. The van der Waals surface area contributed by atoms with Crippen LogP contribution in [0.1, 0.15) is 31.7 Å². The lowest BCUT2D eigenvalue weighted by Crippen LogP contribution is -2.62. The molecule has 0 aromatic heterocycles. The van der Waals surface area contributed by atoms with Crippen molar-refractivity contribution < 1.29 is 19.1 Å². The second-order valence-electron chi connectivity index (χ2n) is 10.7. The van der Waals surface area contributed by atoms with Crippen molar-refractivity contribution in [3.63, 3.8) is 0 Å². The molecule has 4 amide bonds. The van der Waals surface area contributed by atoms with E-state index >= 15 is 0 Å². The molecule has 4 atom stereocenters. The van der Waals surface area contributed by atoms with Crippen LogP contribution < -0.4 is 25.6 Å². The molecule has 0 radical (unpaired) electrons. The summed E-state index contributed by atoms with van der Waals surface area (Å²) in [5.74, 6) is 6.25. The van der Waals surface area contributed by atoms with Crippen LogP contribution in [0.3, 0.4) is 0 Å². The van der Waals surface area contributed by atoms with Crippen molar-refractivity contribution in [2.24, 2.45) is 5.92 Å². The molecule has 2 aromatic rings. The first-order valence-electron chi connectivity index (χ1n) is 14.0. The molecule has 41 heavy (non-hydrogen) atoms. The smallest absolute Gasteiger partial charge is 0.326 e. The van der Waals surface area contributed by atoms with Crippen LogP contribution in [0.4, 0.5) is 10.5 Å². The molecule has 0 aliphatic carbocycles. The number of rotatable bonds is 5.